The first kappa shape index (κ1) is 40.4. The molecule has 0 aromatic rings. The molecule has 0 bridgehead atoms. The molecule has 0 saturated carbocycles. The average molecular weight is 566 g/mol. The van der Waals surface area contributed by atoms with Crippen LogP contribution in [0.3, 0.4) is 0 Å². The van der Waals surface area contributed by atoms with Gasteiger partial charge in [-0.3, -0.25) is 0 Å². The number of carboxylic acids is 2. The van der Waals surface area contributed by atoms with Crippen molar-refractivity contribution in [2.75, 3.05) is 0 Å². The Morgan fingerprint density at radius 3 is 0.946 bits per heavy atom. The first-order chi connectivity index (χ1) is 17.5. The molecule has 0 spiro atoms. The number of carbonyl (C=O) groups excluding carboxylic acids is 2. The van der Waals surface area contributed by atoms with Gasteiger partial charge in [-0.1, -0.05) is 115 Å². The molecule has 0 atom stereocenters. The first-order valence-corrected chi connectivity index (χ1v) is 15.2. The summed E-state index contributed by atoms with van der Waals surface area (Å²) in [5.41, 5.74) is 0. The van der Waals surface area contributed by atoms with Crippen molar-refractivity contribution in [3.05, 3.63) is 24.3 Å². The second-order valence-electron chi connectivity index (χ2n) is 10.00. The predicted molar refractivity (Wildman–Crippen MR) is 150 cm³/mol. The van der Waals surface area contributed by atoms with Crippen molar-refractivity contribution in [1.82, 2.24) is 0 Å². The van der Waals surface area contributed by atoms with Gasteiger partial charge in [0.1, 0.15) is 0 Å². The van der Waals surface area contributed by atoms with Gasteiger partial charge >= 0.3 is 16.5 Å². The van der Waals surface area contributed by atoms with Gasteiger partial charge in [0, 0.05) is 11.9 Å². The standard InChI is InChI=1S/2C16H30O2.Ni/c2*1-2-3-4-5-6-7-8-9-10-11-12-13-14-15-16(17)18;/h2*7-8H,2-6,9-15H2,1H3,(H,17,18);/q;;+2/p-2/b2*8-7-;. The van der Waals surface area contributed by atoms with E-state index in [0.717, 1.165) is 38.5 Å². The van der Waals surface area contributed by atoms with Crippen molar-refractivity contribution >= 4 is 11.9 Å². The van der Waals surface area contributed by atoms with E-state index in [-0.39, 0.29) is 29.3 Å². The largest absolute Gasteiger partial charge is 2.00 e. The summed E-state index contributed by atoms with van der Waals surface area (Å²) in [6, 6.07) is 0. The maximum atomic E-state index is 10.2. The molecule has 0 rings (SSSR count). The summed E-state index contributed by atoms with van der Waals surface area (Å²) in [4.78, 5) is 20.4. The second-order valence-corrected chi connectivity index (χ2v) is 10.00. The van der Waals surface area contributed by atoms with Gasteiger partial charge in [-0.2, -0.15) is 0 Å². The molecule has 0 fully saturated rings. The number of hydrogen-bond acceptors (Lipinski definition) is 4. The molecule has 4 nitrogen and oxygen atoms in total. The van der Waals surface area contributed by atoms with Crippen LogP contribution >= 0.6 is 0 Å². The van der Waals surface area contributed by atoms with Gasteiger partial charge < -0.3 is 19.8 Å². The van der Waals surface area contributed by atoms with Crippen molar-refractivity contribution in [3.63, 3.8) is 0 Å². The Balaban J connectivity index is -0.000000608. The first-order valence-electron chi connectivity index (χ1n) is 15.2. The van der Waals surface area contributed by atoms with Gasteiger partial charge in [-0.25, -0.2) is 0 Å². The average Bonchev–Trinajstić information content (AvgIpc) is 2.85. The Morgan fingerprint density at radius 1 is 0.432 bits per heavy atom. The Kier molecular flexibility index (Phi) is 40.5. The molecule has 0 aliphatic rings. The molecule has 0 radical (unpaired) electrons. The number of carboxylic acid groups (broad SMARTS) is 2. The summed E-state index contributed by atoms with van der Waals surface area (Å²) < 4.78 is 0. The number of hydrogen-bond donors (Lipinski definition) is 0. The monoisotopic (exact) mass is 564 g/mol. The third-order valence-electron chi connectivity index (χ3n) is 6.29. The molecule has 0 aliphatic heterocycles. The smallest absolute Gasteiger partial charge is 0.550 e. The molecule has 0 saturated heterocycles. The third-order valence-corrected chi connectivity index (χ3v) is 6.29. The van der Waals surface area contributed by atoms with Gasteiger partial charge in [0.2, 0.25) is 0 Å². The van der Waals surface area contributed by atoms with Gasteiger partial charge in [0.25, 0.3) is 0 Å². The minimum absolute atomic E-state index is 0. The summed E-state index contributed by atoms with van der Waals surface area (Å²) in [6.45, 7) is 4.48. The van der Waals surface area contributed by atoms with E-state index in [0.29, 0.717) is 0 Å². The molecule has 0 aromatic heterocycles. The van der Waals surface area contributed by atoms with E-state index in [1.807, 2.05) is 0 Å². The number of carbonyl (C=O) groups is 2. The molecule has 0 N–H and O–H groups in total. The third kappa shape index (κ3) is 45.2. The van der Waals surface area contributed by atoms with Crippen molar-refractivity contribution in [2.45, 2.75) is 168 Å². The zero-order chi connectivity index (χ0) is 27.0. The van der Waals surface area contributed by atoms with Crippen LogP contribution in [0.4, 0.5) is 0 Å². The molecule has 0 heterocycles. The fourth-order valence-corrected chi connectivity index (χ4v) is 3.97. The summed E-state index contributed by atoms with van der Waals surface area (Å²) >= 11 is 0. The minimum atomic E-state index is -0.916. The van der Waals surface area contributed by atoms with Crippen LogP contribution in [0.1, 0.15) is 168 Å². The van der Waals surface area contributed by atoms with Crippen LogP contribution in [0.25, 0.3) is 0 Å². The fraction of sp³-hybridized carbons (Fsp3) is 0.812. The number of rotatable bonds is 26. The van der Waals surface area contributed by atoms with Crippen LogP contribution in [0.5, 0.6) is 0 Å². The Bertz CT molecular complexity index is 471. The van der Waals surface area contributed by atoms with Gasteiger partial charge in [-0.05, 0) is 77.0 Å². The molecule has 0 aliphatic carbocycles. The van der Waals surface area contributed by atoms with E-state index in [9.17, 15) is 19.8 Å². The van der Waals surface area contributed by atoms with Gasteiger partial charge in [0.05, 0.1) is 0 Å². The predicted octanol–water partition coefficient (Wildman–Crippen LogP) is 7.98. The summed E-state index contributed by atoms with van der Waals surface area (Å²) in [6.07, 6.45) is 36.0. The maximum Gasteiger partial charge on any atom is 2.00 e. The van der Waals surface area contributed by atoms with Crippen LogP contribution in [0.2, 0.25) is 0 Å². The van der Waals surface area contributed by atoms with Crippen molar-refractivity contribution in [1.29, 1.82) is 0 Å². The van der Waals surface area contributed by atoms with E-state index in [2.05, 4.69) is 38.2 Å². The summed E-state index contributed by atoms with van der Waals surface area (Å²) in [5.74, 6) is -1.83. The normalized spacial score (nSPS) is 10.9. The molecular weight excluding hydrogens is 507 g/mol. The zero-order valence-corrected chi connectivity index (χ0v) is 25.2. The van der Waals surface area contributed by atoms with Gasteiger partial charge in [-0.15, -0.1) is 0 Å². The molecule has 220 valence electrons. The molecular formula is C32H58NiO4. The van der Waals surface area contributed by atoms with Crippen LogP contribution in [0.15, 0.2) is 24.3 Å². The van der Waals surface area contributed by atoms with E-state index in [4.69, 9.17) is 0 Å². The Hall–Kier alpha value is -1.09. The van der Waals surface area contributed by atoms with E-state index in [1.165, 1.54) is 103 Å². The number of allylic oxidation sites excluding steroid dienone is 4. The zero-order valence-electron chi connectivity index (χ0n) is 24.2. The molecule has 0 amide bonds. The van der Waals surface area contributed by atoms with Crippen molar-refractivity contribution in [2.24, 2.45) is 0 Å². The molecule has 5 heteroatoms. The molecule has 0 aromatic carbocycles. The molecule has 37 heavy (non-hydrogen) atoms. The number of unbranched alkanes of at least 4 members (excludes halogenated alkanes) is 18. The number of aliphatic carboxylic acids is 2. The molecule has 0 unspecified atom stereocenters. The summed E-state index contributed by atoms with van der Waals surface area (Å²) in [7, 11) is 0. The van der Waals surface area contributed by atoms with Gasteiger partial charge in [0.15, 0.2) is 0 Å². The van der Waals surface area contributed by atoms with Crippen LogP contribution < -0.4 is 10.2 Å². The van der Waals surface area contributed by atoms with E-state index in [1.54, 1.807) is 0 Å². The van der Waals surface area contributed by atoms with E-state index < -0.39 is 11.9 Å². The topological polar surface area (TPSA) is 80.3 Å². The Morgan fingerprint density at radius 2 is 0.676 bits per heavy atom. The summed E-state index contributed by atoms with van der Waals surface area (Å²) in [5, 5.41) is 20.4. The minimum Gasteiger partial charge on any atom is -0.550 e. The van der Waals surface area contributed by atoms with Crippen LogP contribution in [-0.4, -0.2) is 11.9 Å². The fourth-order valence-electron chi connectivity index (χ4n) is 3.97. The second kappa shape index (κ2) is 37.1. The van der Waals surface area contributed by atoms with Crippen molar-refractivity contribution in [3.8, 4) is 0 Å². The van der Waals surface area contributed by atoms with Crippen LogP contribution in [-0.2, 0) is 26.1 Å². The maximum absolute atomic E-state index is 10.2. The van der Waals surface area contributed by atoms with E-state index >= 15 is 0 Å². The quantitative estimate of drug-likeness (QED) is 0.0605. The van der Waals surface area contributed by atoms with Crippen LogP contribution in [0, 0.1) is 0 Å². The SMILES string of the molecule is CCCCCC/C=C\CCCCCCCC(=O)[O-].CCCCCC/C=C\CCCCCCCC(=O)[O-].[Ni+2]. The van der Waals surface area contributed by atoms with Crippen molar-refractivity contribution < 1.29 is 36.3 Å². The Labute approximate surface area is 240 Å².